The summed E-state index contributed by atoms with van der Waals surface area (Å²) in [6.07, 6.45) is -6.22. The third-order valence-electron chi connectivity index (χ3n) is 8.35. The lowest BCUT2D eigenvalue weighted by Gasteiger charge is -2.62. The van der Waals surface area contributed by atoms with E-state index in [1.54, 1.807) is 30.3 Å². The van der Waals surface area contributed by atoms with Crippen LogP contribution in [0.2, 0.25) is 0 Å². The summed E-state index contributed by atoms with van der Waals surface area (Å²) in [5, 5.41) is 73.0. The van der Waals surface area contributed by atoms with Gasteiger partial charge in [-0.2, -0.15) is 0 Å². The molecule has 0 heterocycles. The zero-order chi connectivity index (χ0) is 31.0. The molecule has 5 rings (SSSR count). The largest absolute Gasteiger partial charge is 0.387 e. The van der Waals surface area contributed by atoms with E-state index in [1.807, 2.05) is 0 Å². The maximum atomic E-state index is 14.4. The number of carbonyl (C=O) groups excluding carboxylic acids is 3. The van der Waals surface area contributed by atoms with Crippen molar-refractivity contribution in [1.29, 1.82) is 0 Å². The predicted molar refractivity (Wildman–Crippen MR) is 154 cm³/mol. The van der Waals surface area contributed by atoms with Gasteiger partial charge in [0.05, 0.1) is 0 Å². The molecule has 1 saturated carbocycles. The number of hydrogen-bond donors (Lipinski definition) is 6. The highest BCUT2D eigenvalue weighted by Gasteiger charge is 2.85. The topological polar surface area (TPSA) is 173 Å². The molecule has 220 valence electrons. The van der Waals surface area contributed by atoms with Crippen LogP contribution in [0.25, 0.3) is 0 Å². The van der Waals surface area contributed by atoms with Crippen LogP contribution in [0.1, 0.15) is 36.6 Å². The fourth-order valence-electron chi connectivity index (χ4n) is 6.05. The second-order valence-corrected chi connectivity index (χ2v) is 10.7. The lowest BCUT2D eigenvalue weighted by molar-refractivity contribution is -0.332. The van der Waals surface area contributed by atoms with Gasteiger partial charge in [0, 0.05) is 23.1 Å². The minimum atomic E-state index is -3.97. The Hall–Kier alpha value is -4.35. The molecule has 0 amide bonds. The SMILES string of the molecule is O=C(c1ccccc1)[C@]1(O)[C@@](O)(C(=O)c2ccccc2)[C@](O)(Cc2ccccc2)[C@H](O)[C@H](O)[C@]1(O)C(=O)c1ccccc1. The van der Waals surface area contributed by atoms with Gasteiger partial charge in [0.1, 0.15) is 17.8 Å². The summed E-state index contributed by atoms with van der Waals surface area (Å²) in [6, 6.07) is 28.1. The predicted octanol–water partition coefficient (Wildman–Crippen LogP) is 1.54. The first-order chi connectivity index (χ1) is 20.4. The maximum Gasteiger partial charge on any atom is 0.206 e. The molecule has 4 aromatic rings. The summed E-state index contributed by atoms with van der Waals surface area (Å²) in [5.74, 6) is -4.51. The Balaban J connectivity index is 1.89. The van der Waals surface area contributed by atoms with E-state index in [4.69, 9.17) is 0 Å². The van der Waals surface area contributed by atoms with Crippen molar-refractivity contribution >= 4 is 17.3 Å². The first kappa shape index (κ1) is 30.1. The molecule has 9 heteroatoms. The molecule has 6 atom stereocenters. The molecule has 43 heavy (non-hydrogen) atoms. The Kier molecular flexibility index (Phi) is 7.74. The van der Waals surface area contributed by atoms with Crippen LogP contribution >= 0.6 is 0 Å². The van der Waals surface area contributed by atoms with Crippen molar-refractivity contribution in [3.05, 3.63) is 144 Å². The van der Waals surface area contributed by atoms with Crippen LogP contribution in [0.3, 0.4) is 0 Å². The van der Waals surface area contributed by atoms with Crippen LogP contribution in [0.4, 0.5) is 0 Å². The number of carbonyl (C=O) groups is 3. The third kappa shape index (κ3) is 4.29. The van der Waals surface area contributed by atoms with E-state index in [0.29, 0.717) is 0 Å². The van der Waals surface area contributed by atoms with Crippen molar-refractivity contribution in [1.82, 2.24) is 0 Å². The number of Topliss-reactive ketones (excluding diaryl/α,β-unsaturated/α-hetero) is 3. The normalized spacial score (nSPS) is 30.4. The minimum absolute atomic E-state index is 0.227. The highest BCUT2D eigenvalue weighted by molar-refractivity contribution is 6.19. The summed E-state index contributed by atoms with van der Waals surface area (Å²) < 4.78 is 0. The van der Waals surface area contributed by atoms with Crippen molar-refractivity contribution in [2.24, 2.45) is 0 Å². The zero-order valence-corrected chi connectivity index (χ0v) is 22.8. The molecule has 1 aliphatic rings. The Morgan fingerprint density at radius 2 is 0.837 bits per heavy atom. The van der Waals surface area contributed by atoms with Crippen molar-refractivity contribution in [3.8, 4) is 0 Å². The minimum Gasteiger partial charge on any atom is -0.387 e. The van der Waals surface area contributed by atoms with E-state index in [2.05, 4.69) is 0 Å². The van der Waals surface area contributed by atoms with E-state index >= 15 is 0 Å². The fraction of sp³-hybridized carbons (Fsp3) is 0.206. The van der Waals surface area contributed by atoms with Gasteiger partial charge in [-0.15, -0.1) is 0 Å². The highest BCUT2D eigenvalue weighted by Crippen LogP contribution is 2.54. The van der Waals surface area contributed by atoms with Gasteiger partial charge < -0.3 is 30.6 Å². The number of aliphatic hydroxyl groups is 6. The van der Waals surface area contributed by atoms with Crippen molar-refractivity contribution in [2.45, 2.75) is 41.0 Å². The van der Waals surface area contributed by atoms with E-state index in [9.17, 15) is 45.0 Å². The number of rotatable bonds is 8. The second-order valence-electron chi connectivity index (χ2n) is 10.7. The van der Waals surface area contributed by atoms with E-state index in [0.717, 1.165) is 0 Å². The molecular weight excluding hydrogens is 552 g/mol. The average Bonchev–Trinajstić information content (AvgIpc) is 3.06. The first-order valence-electron chi connectivity index (χ1n) is 13.5. The molecule has 4 aromatic carbocycles. The van der Waals surface area contributed by atoms with E-state index in [-0.39, 0.29) is 22.3 Å². The number of ketones is 3. The highest BCUT2D eigenvalue weighted by atomic mass is 16.5. The van der Waals surface area contributed by atoms with Gasteiger partial charge in [-0.25, -0.2) is 0 Å². The molecule has 0 aliphatic heterocycles. The molecule has 0 bridgehead atoms. The Morgan fingerprint density at radius 1 is 0.488 bits per heavy atom. The summed E-state index contributed by atoms with van der Waals surface area (Å²) >= 11 is 0. The van der Waals surface area contributed by atoms with E-state index in [1.165, 1.54) is 91.0 Å². The first-order valence-corrected chi connectivity index (χ1v) is 13.5. The van der Waals surface area contributed by atoms with Crippen molar-refractivity contribution in [2.75, 3.05) is 0 Å². The zero-order valence-electron chi connectivity index (χ0n) is 22.8. The fourth-order valence-corrected chi connectivity index (χ4v) is 6.05. The van der Waals surface area contributed by atoms with Gasteiger partial charge in [-0.1, -0.05) is 121 Å². The molecule has 0 spiro atoms. The molecule has 6 N–H and O–H groups in total. The number of hydrogen-bond acceptors (Lipinski definition) is 9. The van der Waals surface area contributed by atoms with Crippen LogP contribution in [0.15, 0.2) is 121 Å². The van der Waals surface area contributed by atoms with Crippen LogP contribution in [0, 0.1) is 0 Å². The summed E-state index contributed by atoms with van der Waals surface area (Å²) in [4.78, 5) is 43.0. The Labute approximate surface area is 246 Å². The molecule has 0 unspecified atom stereocenters. The van der Waals surface area contributed by atoms with Gasteiger partial charge in [0.2, 0.25) is 23.0 Å². The van der Waals surface area contributed by atoms with Crippen LogP contribution in [-0.2, 0) is 6.42 Å². The Bertz CT molecular complexity index is 1630. The van der Waals surface area contributed by atoms with Gasteiger partial charge in [-0.3, -0.25) is 14.4 Å². The molecule has 1 aliphatic carbocycles. The van der Waals surface area contributed by atoms with Gasteiger partial charge >= 0.3 is 0 Å². The van der Waals surface area contributed by atoms with Gasteiger partial charge in [-0.05, 0) is 5.56 Å². The number of aliphatic hydroxyl groups excluding tert-OH is 2. The van der Waals surface area contributed by atoms with Gasteiger partial charge in [0.25, 0.3) is 0 Å². The molecule has 0 saturated heterocycles. The van der Waals surface area contributed by atoms with Crippen LogP contribution < -0.4 is 0 Å². The molecule has 1 fully saturated rings. The second kappa shape index (κ2) is 11.1. The van der Waals surface area contributed by atoms with Crippen LogP contribution in [-0.4, -0.2) is 82.6 Å². The van der Waals surface area contributed by atoms with Crippen LogP contribution in [0.5, 0.6) is 0 Å². The maximum absolute atomic E-state index is 14.4. The van der Waals surface area contributed by atoms with Crippen molar-refractivity contribution in [3.63, 3.8) is 0 Å². The van der Waals surface area contributed by atoms with E-state index < -0.39 is 58.4 Å². The smallest absolute Gasteiger partial charge is 0.206 e. The van der Waals surface area contributed by atoms with Crippen molar-refractivity contribution < 1.29 is 45.0 Å². The van der Waals surface area contributed by atoms with Gasteiger partial charge in [0.15, 0.2) is 11.2 Å². The quantitative estimate of drug-likeness (QED) is 0.169. The summed E-state index contributed by atoms with van der Waals surface area (Å²) in [5.41, 5.74) is -15.6. The average molecular weight is 583 g/mol. The Morgan fingerprint density at radius 3 is 1.26 bits per heavy atom. The molecule has 0 aromatic heterocycles. The standard InChI is InChI=1S/C34H30O9/c35-26(23-15-7-2-8-16-23)32(41)30(39)29(38)31(40,21-22-13-5-1-6-14-22)33(42,27(36)24-17-9-3-10-18-24)34(32,43)28(37)25-19-11-4-12-20-25/h1-20,29-30,38-43H,21H2/t29-,30+,31+,32-,33-,34-/m1/s1. The summed E-state index contributed by atoms with van der Waals surface area (Å²) in [6.45, 7) is 0. The summed E-state index contributed by atoms with van der Waals surface area (Å²) in [7, 11) is 0. The third-order valence-corrected chi connectivity index (χ3v) is 8.35. The number of benzene rings is 4. The molecule has 0 radical (unpaired) electrons. The monoisotopic (exact) mass is 582 g/mol. The molecule has 9 nitrogen and oxygen atoms in total. The molecular formula is C34H30O9. The lowest BCUT2D eigenvalue weighted by atomic mass is 9.48. The lowest BCUT2D eigenvalue weighted by Crippen LogP contribution is -2.92.